The highest BCUT2D eigenvalue weighted by Crippen LogP contribution is 2.45. The zero-order chi connectivity index (χ0) is 18.5. The largest absolute Gasteiger partial charge is 0.351 e. The third-order valence-electron chi connectivity index (χ3n) is 5.49. The summed E-state index contributed by atoms with van der Waals surface area (Å²) in [6, 6.07) is 5.23. The molecule has 1 saturated carbocycles. The van der Waals surface area contributed by atoms with Gasteiger partial charge in [0.15, 0.2) is 0 Å². The molecule has 6 rings (SSSR count). The average molecular weight is 382 g/mol. The van der Waals surface area contributed by atoms with Crippen LogP contribution in [0.5, 0.6) is 0 Å². The second-order valence-electron chi connectivity index (χ2n) is 7.00. The van der Waals surface area contributed by atoms with E-state index in [0.29, 0.717) is 5.92 Å². The van der Waals surface area contributed by atoms with Crippen LogP contribution < -0.4 is 15.8 Å². The number of nitrogens with one attached hydrogen (secondary N) is 2. The Balaban J connectivity index is 1.38. The molecule has 2 saturated heterocycles. The predicted molar refractivity (Wildman–Crippen MR) is 102 cm³/mol. The van der Waals surface area contributed by atoms with Gasteiger partial charge >= 0.3 is 0 Å². The molecule has 27 heavy (non-hydrogen) atoms. The van der Waals surface area contributed by atoms with Crippen molar-refractivity contribution in [1.82, 2.24) is 25.5 Å². The van der Waals surface area contributed by atoms with Gasteiger partial charge in [0.1, 0.15) is 22.7 Å². The molecule has 2 bridgehead atoms. The second kappa shape index (κ2) is 6.12. The van der Waals surface area contributed by atoms with Crippen LogP contribution in [0, 0.1) is 5.92 Å². The van der Waals surface area contributed by atoms with Gasteiger partial charge in [0.2, 0.25) is 0 Å². The normalized spacial score (nSPS) is 23.4. The van der Waals surface area contributed by atoms with Crippen molar-refractivity contribution < 1.29 is 4.79 Å². The zero-order valence-electron chi connectivity index (χ0n) is 14.7. The number of thiophene rings is 1. The highest BCUT2D eigenvalue weighted by molar-refractivity contribution is 7.18. The summed E-state index contributed by atoms with van der Waals surface area (Å²) in [6.07, 6.45) is 3.65. The molecule has 3 aliphatic rings. The van der Waals surface area contributed by atoms with E-state index in [1.165, 1.54) is 17.0 Å². The summed E-state index contributed by atoms with van der Waals surface area (Å²) in [4.78, 5) is 37.1. The van der Waals surface area contributed by atoms with Crippen LogP contribution in [0.25, 0.3) is 10.2 Å². The molecule has 9 heteroatoms. The fourth-order valence-corrected chi connectivity index (χ4v) is 5.00. The molecular formula is C18H18N6O2S. The number of amides is 1. The van der Waals surface area contributed by atoms with E-state index in [4.69, 9.17) is 0 Å². The molecule has 3 aromatic heterocycles. The van der Waals surface area contributed by atoms with E-state index in [1.54, 1.807) is 17.7 Å². The summed E-state index contributed by atoms with van der Waals surface area (Å²) < 4.78 is 0. The minimum Gasteiger partial charge on any atom is -0.351 e. The topological polar surface area (TPSA) is 104 Å². The molecule has 1 aliphatic carbocycles. The van der Waals surface area contributed by atoms with Crippen LogP contribution in [0.4, 0.5) is 5.82 Å². The van der Waals surface area contributed by atoms with Gasteiger partial charge in [0.25, 0.3) is 11.5 Å². The number of aromatic amines is 1. The molecule has 2 aliphatic heterocycles. The van der Waals surface area contributed by atoms with E-state index in [-0.39, 0.29) is 29.2 Å². The van der Waals surface area contributed by atoms with Crippen molar-refractivity contribution in [3.63, 3.8) is 0 Å². The van der Waals surface area contributed by atoms with E-state index < -0.39 is 0 Å². The van der Waals surface area contributed by atoms with Gasteiger partial charge in [-0.2, -0.15) is 5.10 Å². The van der Waals surface area contributed by atoms with Gasteiger partial charge in [0.05, 0.1) is 17.5 Å². The molecule has 0 spiro atoms. The highest BCUT2D eigenvalue weighted by Gasteiger charge is 2.53. The van der Waals surface area contributed by atoms with Crippen LogP contribution in [0.15, 0.2) is 29.3 Å². The van der Waals surface area contributed by atoms with Gasteiger partial charge in [0, 0.05) is 23.4 Å². The lowest BCUT2D eigenvalue weighted by molar-refractivity contribution is 0.0888. The van der Waals surface area contributed by atoms with E-state index in [2.05, 4.69) is 43.4 Å². The first-order chi connectivity index (χ1) is 13.1. The molecule has 8 nitrogen and oxygen atoms in total. The number of hydrogen-bond donors (Lipinski definition) is 2. The monoisotopic (exact) mass is 382 g/mol. The number of anilines is 1. The van der Waals surface area contributed by atoms with Crippen LogP contribution in [0.3, 0.4) is 0 Å². The number of carbonyl (C=O) groups excluding carboxylic acids is 1. The van der Waals surface area contributed by atoms with Gasteiger partial charge in [-0.15, -0.1) is 11.3 Å². The van der Waals surface area contributed by atoms with Crippen LogP contribution in [0.2, 0.25) is 0 Å². The van der Waals surface area contributed by atoms with Crippen molar-refractivity contribution in [2.45, 2.75) is 31.8 Å². The summed E-state index contributed by atoms with van der Waals surface area (Å²) in [5, 5.41) is 10.3. The number of fused-ring (bicyclic) bond motifs is 2. The van der Waals surface area contributed by atoms with Gasteiger partial charge in [-0.25, -0.2) is 15.1 Å². The molecule has 138 valence electrons. The smallest absolute Gasteiger partial charge is 0.272 e. The Labute approximate surface area is 158 Å². The Morgan fingerprint density at radius 3 is 3.07 bits per heavy atom. The predicted octanol–water partition coefficient (Wildman–Crippen LogP) is 1.34. The zero-order valence-corrected chi connectivity index (χ0v) is 15.5. The van der Waals surface area contributed by atoms with E-state index in [1.807, 2.05) is 0 Å². The molecule has 3 aromatic rings. The number of aryl methyl sites for hydroxylation is 1. The van der Waals surface area contributed by atoms with E-state index in [9.17, 15) is 9.59 Å². The van der Waals surface area contributed by atoms with Crippen LogP contribution in [-0.4, -0.2) is 44.7 Å². The van der Waals surface area contributed by atoms with Crippen LogP contribution in [0.1, 0.15) is 28.7 Å². The maximum absolute atomic E-state index is 12.4. The van der Waals surface area contributed by atoms with Gasteiger partial charge in [-0.1, -0.05) is 6.92 Å². The lowest BCUT2D eigenvalue weighted by Crippen LogP contribution is -2.55. The summed E-state index contributed by atoms with van der Waals surface area (Å²) in [5.74, 6) is 1.10. The van der Waals surface area contributed by atoms with Gasteiger partial charge in [-0.05, 0) is 25.0 Å². The number of hydrogen-bond acceptors (Lipinski definition) is 7. The Bertz CT molecular complexity index is 1070. The maximum atomic E-state index is 12.4. The fraction of sp³-hybridized carbons (Fsp3) is 0.389. The fourth-order valence-electron chi connectivity index (χ4n) is 4.07. The average Bonchev–Trinajstić information content (AvgIpc) is 3.38. The molecule has 3 atom stereocenters. The third kappa shape index (κ3) is 2.61. The third-order valence-corrected chi connectivity index (χ3v) is 6.68. The Morgan fingerprint density at radius 2 is 2.30 bits per heavy atom. The van der Waals surface area contributed by atoms with Crippen molar-refractivity contribution in [3.05, 3.63) is 45.5 Å². The van der Waals surface area contributed by atoms with Crippen molar-refractivity contribution in [1.29, 1.82) is 0 Å². The summed E-state index contributed by atoms with van der Waals surface area (Å²) in [6.45, 7) is 3.01. The molecule has 0 aromatic carbocycles. The first-order valence-corrected chi connectivity index (χ1v) is 9.82. The Hall–Kier alpha value is -2.81. The van der Waals surface area contributed by atoms with Crippen molar-refractivity contribution in [2.75, 3.05) is 11.4 Å². The quantitative estimate of drug-likeness (QED) is 0.706. The molecule has 1 amide bonds. The molecular weight excluding hydrogens is 364 g/mol. The molecule has 5 heterocycles. The standard InChI is InChI=1S/C18H18N6O2S/c1-2-10-6-11-16(19-8-20-18(11)27-10)24-7-9-5-13(24)15(9)21-17(26)12-3-4-14(25)23-22-12/h3-4,6,8-9,13,15H,2,5,7H2,1H3,(H,21,26)(H,23,25). The summed E-state index contributed by atoms with van der Waals surface area (Å²) in [5.41, 5.74) is -0.0984. The maximum Gasteiger partial charge on any atom is 0.272 e. The number of rotatable bonds is 4. The first-order valence-electron chi connectivity index (χ1n) is 9.00. The highest BCUT2D eigenvalue weighted by atomic mass is 32.1. The van der Waals surface area contributed by atoms with Crippen LogP contribution >= 0.6 is 11.3 Å². The molecule has 3 fully saturated rings. The molecule has 2 N–H and O–H groups in total. The first kappa shape index (κ1) is 16.4. The molecule has 3 unspecified atom stereocenters. The Kier molecular flexibility index (Phi) is 3.71. The lowest BCUT2D eigenvalue weighted by Gasteiger charge is -2.37. The van der Waals surface area contributed by atoms with Crippen LogP contribution in [-0.2, 0) is 6.42 Å². The number of aromatic nitrogens is 4. The van der Waals surface area contributed by atoms with Crippen molar-refractivity contribution >= 4 is 33.3 Å². The SMILES string of the molecule is CCc1cc2c(N3CC4CC3C4NC(=O)c3ccc(=O)[nH]n3)ncnc2s1. The number of carbonyl (C=O) groups is 1. The van der Waals surface area contributed by atoms with Gasteiger partial charge < -0.3 is 10.2 Å². The van der Waals surface area contributed by atoms with E-state index >= 15 is 0 Å². The lowest BCUT2D eigenvalue weighted by atomic mass is 9.80. The van der Waals surface area contributed by atoms with Crippen molar-refractivity contribution in [3.8, 4) is 0 Å². The minimum atomic E-state index is -0.323. The van der Waals surface area contributed by atoms with Gasteiger partial charge in [-0.3, -0.25) is 9.59 Å². The minimum absolute atomic E-state index is 0.0699. The van der Waals surface area contributed by atoms with E-state index in [0.717, 1.165) is 35.4 Å². The second-order valence-corrected chi connectivity index (χ2v) is 8.12. The number of nitrogens with zero attached hydrogens (tertiary/aromatic N) is 4. The molecule has 0 radical (unpaired) electrons. The Morgan fingerprint density at radius 1 is 1.41 bits per heavy atom. The number of H-pyrrole nitrogens is 1. The summed E-state index contributed by atoms with van der Waals surface area (Å²) >= 11 is 1.71. The summed E-state index contributed by atoms with van der Waals surface area (Å²) in [7, 11) is 0. The van der Waals surface area contributed by atoms with Crippen molar-refractivity contribution in [2.24, 2.45) is 5.92 Å².